The summed E-state index contributed by atoms with van der Waals surface area (Å²) in [7, 11) is -5.39. The largest absolute Gasteiger partial charge is 1.00 e. The van der Waals surface area contributed by atoms with Crippen LogP contribution < -0.4 is 14.7 Å². The standard InChI is InChI=1S/3Ag.H3O4P/c;;;1-5(2,3)4/h;;;(H3,1,2,3,4)/q3*+1;/p-3. The number of hydrogen-bond acceptors (Lipinski definition) is 4. The molecule has 0 unspecified atom stereocenters. The minimum Gasteiger partial charge on any atom is -0.822 e. The van der Waals surface area contributed by atoms with Gasteiger partial charge in [-0.05, 0) is 0 Å². The number of rotatable bonds is 0. The van der Waals surface area contributed by atoms with Gasteiger partial charge in [-0.3, -0.25) is 0 Å². The maximum atomic E-state index is 8.55. The van der Waals surface area contributed by atoms with Crippen LogP contribution >= 0.6 is 7.82 Å². The first-order valence-corrected chi connectivity index (χ1v) is 2.19. The summed E-state index contributed by atoms with van der Waals surface area (Å²) < 4.78 is 8.55. The molecule has 0 aliphatic carbocycles. The normalized spacial score (nSPS) is 7.38. The second kappa shape index (κ2) is 9.33. The molecule has 0 aromatic carbocycles. The van der Waals surface area contributed by atoms with Gasteiger partial charge in [-0.25, -0.2) is 0 Å². The zero-order valence-electron chi connectivity index (χ0n) is 2.98. The summed E-state index contributed by atoms with van der Waals surface area (Å²) in [5, 5.41) is 0. The molecule has 0 heterocycles. The van der Waals surface area contributed by atoms with Gasteiger partial charge in [0.15, 0.2) is 0 Å². The molecule has 0 N–H and O–H groups in total. The molecule has 4 nitrogen and oxygen atoms in total. The van der Waals surface area contributed by atoms with E-state index in [0.29, 0.717) is 0 Å². The molecule has 0 aromatic heterocycles. The van der Waals surface area contributed by atoms with Gasteiger partial charge < -0.3 is 19.2 Å². The molecule has 8 heteroatoms. The Morgan fingerprint density at radius 2 is 0.875 bits per heavy atom. The molecule has 62 valence electrons. The maximum absolute atomic E-state index is 8.55. The molecular weight excluding hydrogens is 419 g/mol. The number of phosphoric acid groups is 1. The molecule has 0 amide bonds. The van der Waals surface area contributed by atoms with Crippen molar-refractivity contribution in [3.63, 3.8) is 0 Å². The van der Waals surface area contributed by atoms with E-state index in [1.165, 1.54) is 0 Å². The van der Waals surface area contributed by atoms with Crippen LogP contribution in [0.2, 0.25) is 0 Å². The summed E-state index contributed by atoms with van der Waals surface area (Å²) in [6.45, 7) is 0. The van der Waals surface area contributed by atoms with Gasteiger partial charge >= 0.3 is 67.1 Å². The Kier molecular flexibility index (Phi) is 26.2. The SMILES string of the molecule is O=P([O-])([O-])[O-].[Ag+].[Ag+].[Ag+]. The average Bonchev–Trinajstić information content (AvgIpc) is 0.722. The molecule has 0 atom stereocenters. The van der Waals surface area contributed by atoms with E-state index >= 15 is 0 Å². The first-order valence-electron chi connectivity index (χ1n) is 0.730. The zero-order chi connectivity index (χ0) is 4.50. The van der Waals surface area contributed by atoms with E-state index in [1.54, 1.807) is 0 Å². The quantitative estimate of drug-likeness (QED) is 0.313. The second-order valence-corrected chi connectivity index (χ2v) is 1.34. The fraction of sp³-hybridized carbons (Fsp3) is 0. The molecule has 0 spiro atoms. The molecule has 0 saturated carbocycles. The van der Waals surface area contributed by atoms with E-state index in [-0.39, 0.29) is 67.1 Å². The topological polar surface area (TPSA) is 86.2 Å². The molecule has 0 aliphatic rings. The molecule has 0 aromatic rings. The van der Waals surface area contributed by atoms with Crippen LogP contribution in [-0.2, 0) is 71.7 Å². The van der Waals surface area contributed by atoms with Gasteiger partial charge in [-0.15, -0.1) is 0 Å². The van der Waals surface area contributed by atoms with Gasteiger partial charge in [0, 0.05) is 0 Å². The average molecular weight is 419 g/mol. The smallest absolute Gasteiger partial charge is 0.822 e. The summed E-state index contributed by atoms with van der Waals surface area (Å²) in [4.78, 5) is 25.6. The van der Waals surface area contributed by atoms with E-state index in [2.05, 4.69) is 0 Å². The van der Waals surface area contributed by atoms with Crippen LogP contribution in [0.3, 0.4) is 0 Å². The fourth-order valence-electron chi connectivity index (χ4n) is 0. The Bertz CT molecular complexity index is 57.4. The van der Waals surface area contributed by atoms with Crippen molar-refractivity contribution in [2.24, 2.45) is 0 Å². The van der Waals surface area contributed by atoms with Crippen LogP contribution in [0.1, 0.15) is 0 Å². The third-order valence-corrected chi connectivity index (χ3v) is 0. The van der Waals surface area contributed by atoms with Gasteiger partial charge in [0.25, 0.3) is 0 Å². The van der Waals surface area contributed by atoms with Crippen LogP contribution in [-0.4, -0.2) is 0 Å². The van der Waals surface area contributed by atoms with Gasteiger partial charge in [-0.2, -0.15) is 7.82 Å². The van der Waals surface area contributed by atoms with Crippen LogP contribution in [0.25, 0.3) is 0 Å². The summed E-state index contributed by atoms with van der Waals surface area (Å²) in [5.74, 6) is 0. The van der Waals surface area contributed by atoms with Crippen molar-refractivity contribution >= 4 is 7.82 Å². The third-order valence-electron chi connectivity index (χ3n) is 0. The van der Waals surface area contributed by atoms with Crippen LogP contribution in [0, 0.1) is 0 Å². The predicted molar refractivity (Wildman–Crippen MR) is 7.61 cm³/mol. The Balaban J connectivity index is -0.0000000267. The first-order chi connectivity index (χ1) is 2.00. The minimum atomic E-state index is -5.39. The molecular formula is Ag3O4P. The molecule has 8 heavy (non-hydrogen) atoms. The predicted octanol–water partition coefficient (Wildman–Crippen LogP) is -2.83. The van der Waals surface area contributed by atoms with Crippen LogP contribution in [0.15, 0.2) is 0 Å². The summed E-state index contributed by atoms with van der Waals surface area (Å²) in [6.07, 6.45) is 0. The monoisotopic (exact) mass is 416 g/mol. The Morgan fingerprint density at radius 3 is 0.875 bits per heavy atom. The van der Waals surface area contributed by atoms with Crippen molar-refractivity contribution in [2.45, 2.75) is 0 Å². The van der Waals surface area contributed by atoms with Crippen molar-refractivity contribution in [2.75, 3.05) is 0 Å². The van der Waals surface area contributed by atoms with Crippen molar-refractivity contribution < 1.29 is 86.4 Å². The van der Waals surface area contributed by atoms with Crippen LogP contribution in [0.5, 0.6) is 0 Å². The van der Waals surface area contributed by atoms with Crippen molar-refractivity contribution in [1.29, 1.82) is 0 Å². The summed E-state index contributed by atoms with van der Waals surface area (Å²) in [5.41, 5.74) is 0. The third kappa shape index (κ3) is 82.4. The summed E-state index contributed by atoms with van der Waals surface area (Å²) >= 11 is 0. The molecule has 0 radical (unpaired) electrons. The fourth-order valence-corrected chi connectivity index (χ4v) is 0. The van der Waals surface area contributed by atoms with Crippen molar-refractivity contribution in [3.8, 4) is 0 Å². The molecule has 0 rings (SSSR count). The maximum Gasteiger partial charge on any atom is 1.00 e. The Morgan fingerprint density at radius 1 is 0.875 bits per heavy atom. The van der Waals surface area contributed by atoms with E-state index in [9.17, 15) is 0 Å². The molecule has 0 fully saturated rings. The van der Waals surface area contributed by atoms with Crippen molar-refractivity contribution in [1.82, 2.24) is 0 Å². The van der Waals surface area contributed by atoms with E-state index < -0.39 is 7.82 Å². The van der Waals surface area contributed by atoms with E-state index in [0.717, 1.165) is 0 Å². The van der Waals surface area contributed by atoms with E-state index in [4.69, 9.17) is 19.2 Å². The first kappa shape index (κ1) is 22.4. The molecule has 0 bridgehead atoms. The molecule has 0 aliphatic heterocycles. The van der Waals surface area contributed by atoms with Gasteiger partial charge in [0.05, 0.1) is 0 Å². The summed E-state index contributed by atoms with van der Waals surface area (Å²) in [6, 6.07) is 0. The van der Waals surface area contributed by atoms with Gasteiger partial charge in [0.2, 0.25) is 0 Å². The second-order valence-electron chi connectivity index (χ2n) is 0.447. The minimum absolute atomic E-state index is 0. The number of hydrogen-bond donors (Lipinski definition) is 0. The van der Waals surface area contributed by atoms with Crippen molar-refractivity contribution in [3.05, 3.63) is 0 Å². The van der Waals surface area contributed by atoms with Crippen LogP contribution in [0.4, 0.5) is 0 Å². The Hall–Kier alpha value is 2.33. The Labute approximate surface area is 93.2 Å². The van der Waals surface area contributed by atoms with E-state index in [1.807, 2.05) is 0 Å². The zero-order valence-corrected chi connectivity index (χ0v) is 8.33. The molecule has 0 saturated heterocycles. The van der Waals surface area contributed by atoms with Gasteiger partial charge in [0.1, 0.15) is 0 Å². The van der Waals surface area contributed by atoms with Gasteiger partial charge in [-0.1, -0.05) is 0 Å².